The second-order valence-corrected chi connectivity index (χ2v) is 11.7. The van der Waals surface area contributed by atoms with Crippen molar-refractivity contribution in [2.75, 3.05) is 0 Å². The third kappa shape index (κ3) is 5.34. The fourth-order valence-corrected chi connectivity index (χ4v) is 5.75. The first kappa shape index (κ1) is 26.7. The first-order valence-electron chi connectivity index (χ1n) is 11.9. The maximum atomic E-state index is 12.1. The van der Waals surface area contributed by atoms with Gasteiger partial charge in [0.15, 0.2) is 11.8 Å². The predicted octanol–water partition coefficient (Wildman–Crippen LogP) is 3.54. The Balaban J connectivity index is 1.64. The first-order valence-corrected chi connectivity index (χ1v) is 14.7. The van der Waals surface area contributed by atoms with E-state index in [1.807, 2.05) is 35.0 Å². The molecule has 0 unspecified atom stereocenters. The first-order chi connectivity index (χ1) is 18.4. The zero-order valence-electron chi connectivity index (χ0n) is 20.2. The van der Waals surface area contributed by atoms with E-state index in [1.165, 1.54) is 6.07 Å². The molecule has 2 heterocycles. The number of aromatic nitrogens is 2. The van der Waals surface area contributed by atoms with Crippen LogP contribution in [0.15, 0.2) is 75.0 Å². The average molecular weight is 570 g/mol. The minimum Gasteiger partial charge on any atom is -0.744 e. The van der Waals surface area contributed by atoms with Crippen molar-refractivity contribution in [1.82, 2.24) is 4.98 Å². The lowest BCUT2D eigenvalue weighted by Crippen LogP contribution is -2.34. The summed E-state index contributed by atoms with van der Waals surface area (Å²) in [5.41, 5.74) is 1.13. The average Bonchev–Trinajstić information content (AvgIpc) is 3.31. The number of nitrogens with zero attached hydrogens (tertiary/aromatic N) is 2. The van der Waals surface area contributed by atoms with Gasteiger partial charge in [0.1, 0.15) is 32.3 Å². The summed E-state index contributed by atoms with van der Waals surface area (Å²) in [6, 6.07) is 13.5. The SMILES string of the molecule is O=C(O)CCCCC[n+]1ccc(-c2nc3c(o2)c(S(=O)(=O)[O-])cc2cc(S(=O)(=O)[O-])ccc23)c2ccccc21. The molecule has 0 radical (unpaired) electrons. The summed E-state index contributed by atoms with van der Waals surface area (Å²) < 4.78 is 78.7. The van der Waals surface area contributed by atoms with Crippen molar-refractivity contribution in [3.63, 3.8) is 0 Å². The van der Waals surface area contributed by atoms with Crippen LogP contribution in [-0.2, 0) is 31.6 Å². The van der Waals surface area contributed by atoms with Gasteiger partial charge in [0.25, 0.3) is 0 Å². The molecule has 0 fully saturated rings. The molecular weight excluding hydrogens is 548 g/mol. The van der Waals surface area contributed by atoms with Gasteiger partial charge in [-0.3, -0.25) is 4.79 Å². The smallest absolute Gasteiger partial charge is 0.303 e. The maximum Gasteiger partial charge on any atom is 0.303 e. The van der Waals surface area contributed by atoms with Crippen molar-refractivity contribution < 1.29 is 44.8 Å². The van der Waals surface area contributed by atoms with Gasteiger partial charge < -0.3 is 18.6 Å². The second kappa shape index (κ2) is 10.0. The summed E-state index contributed by atoms with van der Waals surface area (Å²) in [7, 11) is -9.89. The Labute approximate surface area is 222 Å². The standard InChI is InChI=1S/C26H22N2O9S2/c29-23(30)8-2-1-5-12-28-13-11-20(19-6-3-4-7-21(19)28)26-27-24-18-10-9-17(38(31,32)33)14-16(18)15-22(25(24)37-26)39(34,35)36/h3-4,6-7,9-11,13-15H,1-2,5,8,12H2,(H2-,29,30,31,32,33,34,35,36)/p-1. The number of carbonyl (C=O) groups is 1. The number of unbranched alkanes of at least 4 members (excludes halogenated alkanes) is 2. The third-order valence-corrected chi connectivity index (χ3v) is 8.09. The number of aryl methyl sites for hydroxylation is 1. The van der Waals surface area contributed by atoms with Crippen molar-refractivity contribution in [2.24, 2.45) is 0 Å². The van der Waals surface area contributed by atoms with Gasteiger partial charge >= 0.3 is 5.97 Å². The molecule has 202 valence electrons. The molecule has 13 heteroatoms. The summed E-state index contributed by atoms with van der Waals surface area (Å²) in [5, 5.41) is 9.90. The summed E-state index contributed by atoms with van der Waals surface area (Å²) in [6.07, 6.45) is 4.03. The van der Waals surface area contributed by atoms with E-state index in [2.05, 4.69) is 4.98 Å². The van der Waals surface area contributed by atoms with Gasteiger partial charge in [-0.2, -0.15) is 4.57 Å². The minimum atomic E-state index is -5.06. The number of para-hydroxylation sites is 1. The van der Waals surface area contributed by atoms with Crippen molar-refractivity contribution in [2.45, 2.75) is 42.0 Å². The van der Waals surface area contributed by atoms with Gasteiger partial charge in [0.2, 0.25) is 11.4 Å². The summed E-state index contributed by atoms with van der Waals surface area (Å²) in [4.78, 5) is 13.9. The highest BCUT2D eigenvalue weighted by Crippen LogP contribution is 2.36. The zero-order chi connectivity index (χ0) is 27.9. The molecular formula is C26H21N2O9S2-. The van der Waals surface area contributed by atoms with Gasteiger partial charge in [0, 0.05) is 30.4 Å². The molecule has 39 heavy (non-hydrogen) atoms. The highest BCUT2D eigenvalue weighted by molar-refractivity contribution is 7.86. The van der Waals surface area contributed by atoms with Gasteiger partial charge in [-0.15, -0.1) is 0 Å². The number of carboxylic acid groups (broad SMARTS) is 1. The van der Waals surface area contributed by atoms with Crippen LogP contribution in [0.25, 0.3) is 44.2 Å². The number of hydrogen-bond acceptors (Lipinski definition) is 9. The van der Waals surface area contributed by atoms with Crippen LogP contribution in [-0.4, -0.2) is 42.0 Å². The van der Waals surface area contributed by atoms with Crippen LogP contribution in [0.4, 0.5) is 0 Å². The van der Waals surface area contributed by atoms with Crippen LogP contribution >= 0.6 is 0 Å². The Bertz CT molecular complexity index is 1980. The molecule has 3 aromatic carbocycles. The number of oxazole rings is 1. The molecule has 0 bridgehead atoms. The van der Waals surface area contributed by atoms with Gasteiger partial charge in [-0.25, -0.2) is 21.8 Å². The van der Waals surface area contributed by atoms with E-state index < -0.39 is 36.0 Å². The fraction of sp³-hybridized carbons (Fsp3) is 0.192. The molecule has 0 spiro atoms. The number of rotatable bonds is 9. The van der Waals surface area contributed by atoms with Crippen LogP contribution in [0.5, 0.6) is 0 Å². The molecule has 11 nitrogen and oxygen atoms in total. The molecule has 0 aliphatic carbocycles. The van der Waals surface area contributed by atoms with Crippen LogP contribution in [0.3, 0.4) is 0 Å². The Morgan fingerprint density at radius 1 is 0.923 bits per heavy atom. The Morgan fingerprint density at radius 2 is 1.69 bits per heavy atom. The molecule has 0 amide bonds. The summed E-state index contributed by atoms with van der Waals surface area (Å²) >= 11 is 0. The van der Waals surface area contributed by atoms with Crippen molar-refractivity contribution in [1.29, 1.82) is 0 Å². The van der Waals surface area contributed by atoms with Crippen molar-refractivity contribution >= 4 is 59.0 Å². The van der Waals surface area contributed by atoms with E-state index in [0.717, 1.165) is 41.9 Å². The molecule has 5 aromatic rings. The molecule has 0 aliphatic heterocycles. The largest absolute Gasteiger partial charge is 0.744 e. The molecule has 0 atom stereocenters. The van der Waals surface area contributed by atoms with Crippen molar-refractivity contribution in [3.8, 4) is 11.5 Å². The van der Waals surface area contributed by atoms with E-state index in [4.69, 9.17) is 9.52 Å². The Hall–Kier alpha value is -3.91. The number of hydrogen-bond donors (Lipinski definition) is 1. The fourth-order valence-electron chi connectivity index (χ4n) is 4.61. The second-order valence-electron chi connectivity index (χ2n) is 9.01. The Kier molecular flexibility index (Phi) is 6.84. The summed E-state index contributed by atoms with van der Waals surface area (Å²) in [5.74, 6) is -0.778. The molecule has 5 rings (SSSR count). The lowest BCUT2D eigenvalue weighted by atomic mass is 10.1. The van der Waals surface area contributed by atoms with E-state index in [0.29, 0.717) is 23.9 Å². The molecule has 0 saturated heterocycles. The van der Waals surface area contributed by atoms with Gasteiger partial charge in [-0.1, -0.05) is 18.2 Å². The van der Waals surface area contributed by atoms with Crippen LogP contribution in [0.1, 0.15) is 25.7 Å². The van der Waals surface area contributed by atoms with Gasteiger partial charge in [-0.05, 0) is 42.5 Å². The number of carboxylic acids is 1. The molecule has 2 aromatic heterocycles. The quantitative estimate of drug-likeness (QED) is 0.157. The lowest BCUT2D eigenvalue weighted by Gasteiger charge is -2.11. The minimum absolute atomic E-state index is 0.0333. The van der Waals surface area contributed by atoms with E-state index >= 15 is 0 Å². The normalized spacial score (nSPS) is 12.5. The molecule has 1 N–H and O–H groups in total. The maximum absolute atomic E-state index is 12.1. The van der Waals surface area contributed by atoms with Crippen LogP contribution in [0, 0.1) is 0 Å². The van der Waals surface area contributed by atoms with Gasteiger partial charge in [0.05, 0.1) is 20.7 Å². The monoisotopic (exact) mass is 569 g/mol. The number of aliphatic carboxylic acids is 1. The van der Waals surface area contributed by atoms with Crippen LogP contribution in [0.2, 0.25) is 0 Å². The van der Waals surface area contributed by atoms with E-state index in [9.17, 15) is 30.7 Å². The molecule has 0 saturated carbocycles. The van der Waals surface area contributed by atoms with E-state index in [1.54, 1.807) is 6.07 Å². The van der Waals surface area contributed by atoms with Crippen molar-refractivity contribution in [3.05, 3.63) is 60.8 Å². The highest BCUT2D eigenvalue weighted by atomic mass is 32.2. The lowest BCUT2D eigenvalue weighted by molar-refractivity contribution is -0.671. The molecule has 0 aliphatic rings. The Morgan fingerprint density at radius 3 is 2.41 bits per heavy atom. The van der Waals surface area contributed by atoms with Crippen LogP contribution < -0.4 is 4.57 Å². The highest BCUT2D eigenvalue weighted by Gasteiger charge is 2.22. The topological polar surface area (TPSA) is 182 Å². The van der Waals surface area contributed by atoms with E-state index in [-0.39, 0.29) is 28.8 Å². The summed E-state index contributed by atoms with van der Waals surface area (Å²) in [6.45, 7) is 0.641. The number of benzene rings is 3. The number of pyridine rings is 1. The zero-order valence-corrected chi connectivity index (χ0v) is 21.9. The predicted molar refractivity (Wildman–Crippen MR) is 137 cm³/mol. The number of fused-ring (bicyclic) bond motifs is 4. The third-order valence-electron chi connectivity index (χ3n) is 6.42.